The van der Waals surface area contributed by atoms with E-state index in [1.807, 2.05) is 31.2 Å². The van der Waals surface area contributed by atoms with E-state index >= 15 is 0 Å². The van der Waals surface area contributed by atoms with Crippen molar-refractivity contribution in [3.05, 3.63) is 91.9 Å². The minimum atomic E-state index is -4.81. The first-order valence-electron chi connectivity index (χ1n) is 9.57. The van der Waals surface area contributed by atoms with Crippen LogP contribution in [0.4, 0.5) is 13.2 Å². The predicted molar refractivity (Wildman–Crippen MR) is 115 cm³/mol. The number of aromatic nitrogens is 3. The third kappa shape index (κ3) is 4.23. The molecule has 2 aromatic carbocycles. The Hall–Kier alpha value is -3.24. The largest absolute Gasteiger partial charge is 0.431 e. The molecule has 2 aromatic heterocycles. The van der Waals surface area contributed by atoms with E-state index in [0.29, 0.717) is 32.9 Å². The van der Waals surface area contributed by atoms with Gasteiger partial charge in [0.15, 0.2) is 0 Å². The van der Waals surface area contributed by atoms with Crippen LogP contribution in [-0.4, -0.2) is 13.5 Å². The summed E-state index contributed by atoms with van der Waals surface area (Å²) in [6.45, 7) is 2.59. The third-order valence-electron chi connectivity index (χ3n) is 4.99. The Bertz CT molecular complexity index is 1420. The van der Waals surface area contributed by atoms with Gasteiger partial charge in [0, 0.05) is 18.5 Å². The summed E-state index contributed by atoms with van der Waals surface area (Å²) < 4.78 is 51.4. The molecule has 0 atom stereocenters. The first-order valence-corrected chi connectivity index (χ1v) is 10.3. The van der Waals surface area contributed by atoms with Gasteiger partial charge in [-0.05, 0) is 42.2 Å². The molecule has 0 radical (unpaired) electrons. The number of halogens is 3. The lowest BCUT2D eigenvalue weighted by Gasteiger charge is -2.14. The second-order valence-electron chi connectivity index (χ2n) is 7.33. The smallest absolute Gasteiger partial charge is 0.370 e. The van der Waals surface area contributed by atoms with E-state index < -0.39 is 23.1 Å². The Balaban J connectivity index is 1.67. The topological polar surface area (TPSA) is 66.1 Å². The molecule has 0 aliphatic rings. The molecule has 0 amide bonds. The summed E-state index contributed by atoms with van der Waals surface area (Å²) in [4.78, 5) is 24.9. The number of fused-ring (bicyclic) bond motifs is 1. The van der Waals surface area contributed by atoms with Crippen molar-refractivity contribution in [1.29, 1.82) is 0 Å². The lowest BCUT2D eigenvalue weighted by molar-refractivity contribution is -0.144. The van der Waals surface area contributed by atoms with Crippen LogP contribution in [0.1, 0.15) is 22.5 Å². The molecule has 0 unspecified atom stereocenters. The maximum absolute atomic E-state index is 13.1. The van der Waals surface area contributed by atoms with E-state index in [1.54, 1.807) is 12.1 Å². The van der Waals surface area contributed by atoms with Crippen LogP contribution in [0.2, 0.25) is 0 Å². The van der Waals surface area contributed by atoms with Crippen LogP contribution < -0.4 is 11.2 Å². The van der Waals surface area contributed by atoms with Crippen LogP contribution in [-0.2, 0) is 31.2 Å². The van der Waals surface area contributed by atoms with Crippen molar-refractivity contribution in [2.45, 2.75) is 26.3 Å². The summed E-state index contributed by atoms with van der Waals surface area (Å²) >= 11 is 1.23. The number of aryl methyl sites for hydroxylation is 1. The maximum Gasteiger partial charge on any atom is 0.431 e. The monoisotopic (exact) mass is 461 g/mol. The average molecular weight is 461 g/mol. The minimum absolute atomic E-state index is 0.164. The Kier molecular flexibility index (Phi) is 5.74. The van der Waals surface area contributed by atoms with E-state index in [0.717, 1.165) is 22.9 Å². The van der Waals surface area contributed by atoms with E-state index in [-0.39, 0.29) is 12.3 Å². The highest BCUT2D eigenvalue weighted by molar-refractivity contribution is 7.13. The summed E-state index contributed by atoms with van der Waals surface area (Å²) in [6.07, 6.45) is -4.81. The van der Waals surface area contributed by atoms with Gasteiger partial charge >= 0.3 is 11.9 Å². The van der Waals surface area contributed by atoms with Crippen LogP contribution >= 0.6 is 11.5 Å². The van der Waals surface area contributed by atoms with Crippen LogP contribution in [0.5, 0.6) is 0 Å². The van der Waals surface area contributed by atoms with Gasteiger partial charge in [0.2, 0.25) is 0 Å². The molecule has 4 aromatic rings. The molecular weight excluding hydrogens is 443 g/mol. The zero-order valence-corrected chi connectivity index (χ0v) is 18.0. The standard InChI is InChI=1S/C22H18F3N3O3S/c1-13-4-3-5-14(8-13)11-31-12-17-16-9-15(6-7-18(16)32-26-17)28-20(29)10-19(22(23,24)25)27(2)21(28)30/h3-10H,11-12H2,1-2H3. The van der Waals surface area contributed by atoms with Gasteiger partial charge in [-0.2, -0.15) is 17.5 Å². The third-order valence-corrected chi connectivity index (χ3v) is 5.85. The highest BCUT2D eigenvalue weighted by Gasteiger charge is 2.35. The number of alkyl halides is 3. The molecular formula is C22H18F3N3O3S. The number of benzene rings is 2. The number of nitrogens with zero attached hydrogens (tertiary/aromatic N) is 3. The van der Waals surface area contributed by atoms with Gasteiger partial charge in [-0.15, -0.1) is 0 Å². The van der Waals surface area contributed by atoms with Crippen molar-refractivity contribution in [2.24, 2.45) is 7.05 Å². The number of hydrogen-bond acceptors (Lipinski definition) is 5. The number of rotatable bonds is 5. The quantitative estimate of drug-likeness (QED) is 0.447. The maximum atomic E-state index is 13.1. The van der Waals surface area contributed by atoms with Crippen molar-refractivity contribution >= 4 is 21.6 Å². The molecule has 32 heavy (non-hydrogen) atoms. The van der Waals surface area contributed by atoms with Gasteiger partial charge in [-0.25, -0.2) is 9.36 Å². The summed E-state index contributed by atoms with van der Waals surface area (Å²) in [5, 5.41) is 0.672. The molecule has 0 aliphatic heterocycles. The first kappa shape index (κ1) is 22.0. The van der Waals surface area contributed by atoms with Crippen molar-refractivity contribution in [3.63, 3.8) is 0 Å². The normalized spacial score (nSPS) is 11.9. The lowest BCUT2D eigenvalue weighted by Crippen LogP contribution is -2.40. The van der Waals surface area contributed by atoms with Crippen LogP contribution in [0.3, 0.4) is 0 Å². The minimum Gasteiger partial charge on any atom is -0.370 e. The van der Waals surface area contributed by atoms with Gasteiger partial charge < -0.3 is 4.74 Å². The molecule has 0 bridgehead atoms. The first-order chi connectivity index (χ1) is 15.1. The second kappa shape index (κ2) is 8.36. The summed E-state index contributed by atoms with van der Waals surface area (Å²) in [5.41, 5.74) is -0.506. The molecule has 2 heterocycles. The van der Waals surface area contributed by atoms with Crippen LogP contribution in [0.15, 0.2) is 58.1 Å². The molecule has 0 aliphatic carbocycles. The highest BCUT2D eigenvalue weighted by atomic mass is 32.1. The highest BCUT2D eigenvalue weighted by Crippen LogP contribution is 2.28. The van der Waals surface area contributed by atoms with Gasteiger partial charge in [0.05, 0.1) is 29.3 Å². The molecule has 0 spiro atoms. The van der Waals surface area contributed by atoms with Crippen molar-refractivity contribution in [2.75, 3.05) is 0 Å². The SMILES string of the molecule is Cc1cccc(COCc2nsc3ccc(-n4c(=O)cc(C(F)(F)F)n(C)c4=O)cc23)c1. The van der Waals surface area contributed by atoms with Crippen molar-refractivity contribution < 1.29 is 17.9 Å². The molecule has 0 saturated carbocycles. The Morgan fingerprint density at radius 3 is 2.56 bits per heavy atom. The molecule has 10 heteroatoms. The Morgan fingerprint density at radius 2 is 1.84 bits per heavy atom. The predicted octanol–water partition coefficient (Wildman–Crippen LogP) is 4.19. The fourth-order valence-corrected chi connectivity index (χ4v) is 4.19. The molecule has 0 saturated heterocycles. The molecule has 0 N–H and O–H groups in total. The van der Waals surface area contributed by atoms with Gasteiger partial charge in [-0.3, -0.25) is 9.36 Å². The summed E-state index contributed by atoms with van der Waals surface area (Å²) in [5.74, 6) is 0. The Labute approximate surface area is 184 Å². The van der Waals surface area contributed by atoms with Gasteiger partial charge in [0.25, 0.3) is 5.56 Å². The number of hydrogen-bond donors (Lipinski definition) is 0. The van der Waals surface area contributed by atoms with E-state index in [2.05, 4.69) is 4.37 Å². The average Bonchev–Trinajstić information content (AvgIpc) is 3.12. The molecule has 166 valence electrons. The zero-order chi connectivity index (χ0) is 23.0. The fourth-order valence-electron chi connectivity index (χ4n) is 3.42. The van der Waals surface area contributed by atoms with Crippen LogP contribution in [0, 0.1) is 6.92 Å². The lowest BCUT2D eigenvalue weighted by atomic mass is 10.1. The van der Waals surface area contributed by atoms with Gasteiger partial charge in [0.1, 0.15) is 5.69 Å². The second-order valence-corrected chi connectivity index (χ2v) is 8.14. The number of ether oxygens (including phenoxy) is 1. The molecule has 0 fully saturated rings. The summed E-state index contributed by atoms with van der Waals surface area (Å²) in [7, 11) is 0.982. The van der Waals surface area contributed by atoms with Crippen molar-refractivity contribution in [3.8, 4) is 5.69 Å². The van der Waals surface area contributed by atoms with E-state index in [9.17, 15) is 22.8 Å². The zero-order valence-electron chi connectivity index (χ0n) is 17.1. The van der Waals surface area contributed by atoms with Crippen LogP contribution in [0.25, 0.3) is 15.8 Å². The van der Waals surface area contributed by atoms with Gasteiger partial charge in [-0.1, -0.05) is 29.8 Å². The fraction of sp³-hybridized carbons (Fsp3) is 0.227. The molecule has 4 rings (SSSR count). The Morgan fingerprint density at radius 1 is 1.06 bits per heavy atom. The van der Waals surface area contributed by atoms with E-state index in [4.69, 9.17) is 4.74 Å². The molecule has 6 nitrogen and oxygen atoms in total. The van der Waals surface area contributed by atoms with E-state index in [1.165, 1.54) is 17.6 Å². The summed E-state index contributed by atoms with van der Waals surface area (Å²) in [6, 6.07) is 13.1. The van der Waals surface area contributed by atoms with Crippen molar-refractivity contribution in [1.82, 2.24) is 13.5 Å².